The summed E-state index contributed by atoms with van der Waals surface area (Å²) in [6.07, 6.45) is 0. The molecule has 0 aromatic rings. The molecule has 0 bridgehead atoms. The molecule has 0 aliphatic rings. The number of nitrogens with one attached hydrogen (secondary N) is 1. The van der Waals surface area contributed by atoms with Crippen molar-refractivity contribution < 1.29 is 66.1 Å². The minimum absolute atomic E-state index is 0. The zero-order valence-corrected chi connectivity index (χ0v) is 13.7. The molecule has 2 atom stereocenters. The van der Waals surface area contributed by atoms with Gasteiger partial charge in [0, 0.05) is 0 Å². The molecule has 5 nitrogen and oxygen atoms in total. The molecular weight excluding hydrogens is 235 g/mol. The van der Waals surface area contributed by atoms with Crippen LogP contribution in [0.3, 0.4) is 0 Å². The van der Waals surface area contributed by atoms with Crippen molar-refractivity contribution in [3.8, 4) is 0 Å². The van der Waals surface area contributed by atoms with Crippen molar-refractivity contribution >= 4 is 11.9 Å². The molecule has 0 aromatic heterocycles. The van der Waals surface area contributed by atoms with Gasteiger partial charge >= 0.3 is 51.4 Å². The maximum absolute atomic E-state index is 11.5. The monoisotopic (exact) mass is 254 g/mol. The fraction of sp³-hybridized carbons (Fsp3) is 0.800. The van der Waals surface area contributed by atoms with Crippen molar-refractivity contribution in [1.82, 2.24) is 5.32 Å². The van der Waals surface area contributed by atoms with E-state index in [0.29, 0.717) is 0 Å². The molecular formula is C10H19KN2O3. The van der Waals surface area contributed by atoms with Crippen LogP contribution in [-0.2, 0) is 9.59 Å². The Balaban J connectivity index is 0. The summed E-state index contributed by atoms with van der Waals surface area (Å²) < 4.78 is 0. The summed E-state index contributed by atoms with van der Waals surface area (Å²) in [7, 11) is 0. The van der Waals surface area contributed by atoms with Crippen molar-refractivity contribution in [2.24, 2.45) is 17.6 Å². The van der Waals surface area contributed by atoms with Crippen LogP contribution in [-0.4, -0.2) is 24.0 Å². The Morgan fingerprint density at radius 1 is 1.12 bits per heavy atom. The summed E-state index contributed by atoms with van der Waals surface area (Å²) in [6, 6.07) is -1.67. The molecule has 0 aliphatic heterocycles. The fourth-order valence-corrected chi connectivity index (χ4v) is 1.05. The molecule has 1 amide bonds. The van der Waals surface area contributed by atoms with E-state index in [4.69, 9.17) is 5.73 Å². The van der Waals surface area contributed by atoms with Crippen molar-refractivity contribution in [3.63, 3.8) is 0 Å². The standard InChI is InChI=1S/C10H20N2O3.K/c1-5(2)7(11)9(13)12-8(6(3)4)10(14)15;/h5-8H,11H2,1-4H3,(H,12,13)(H,14,15);/q;+1/p-1/t7-,8-;/m0./s1. The third kappa shape index (κ3) is 6.32. The number of hydrogen-bond acceptors (Lipinski definition) is 4. The minimum atomic E-state index is -1.28. The first-order valence-corrected chi connectivity index (χ1v) is 5.04. The number of rotatable bonds is 5. The molecule has 88 valence electrons. The maximum atomic E-state index is 11.5. The van der Waals surface area contributed by atoms with Gasteiger partial charge < -0.3 is 21.0 Å². The van der Waals surface area contributed by atoms with Gasteiger partial charge in [0.15, 0.2) is 0 Å². The molecule has 0 saturated carbocycles. The van der Waals surface area contributed by atoms with Crippen LogP contribution in [0.4, 0.5) is 0 Å². The molecule has 0 aromatic carbocycles. The van der Waals surface area contributed by atoms with E-state index in [0.717, 1.165) is 0 Å². The van der Waals surface area contributed by atoms with Crippen LogP contribution in [0.1, 0.15) is 27.7 Å². The molecule has 0 rings (SSSR count). The van der Waals surface area contributed by atoms with Crippen molar-refractivity contribution in [2.75, 3.05) is 0 Å². The predicted octanol–water partition coefficient (Wildman–Crippen LogP) is -4.14. The van der Waals surface area contributed by atoms with Crippen molar-refractivity contribution in [1.29, 1.82) is 0 Å². The van der Waals surface area contributed by atoms with Gasteiger partial charge in [0.1, 0.15) is 0 Å². The van der Waals surface area contributed by atoms with Crippen LogP contribution in [0.2, 0.25) is 0 Å². The first kappa shape index (κ1) is 18.9. The number of carbonyl (C=O) groups is 2. The molecule has 0 unspecified atom stereocenters. The Kier molecular flexibility index (Phi) is 10.2. The van der Waals surface area contributed by atoms with E-state index in [9.17, 15) is 14.7 Å². The molecule has 3 N–H and O–H groups in total. The molecule has 0 fully saturated rings. The molecule has 16 heavy (non-hydrogen) atoms. The van der Waals surface area contributed by atoms with E-state index in [1.165, 1.54) is 0 Å². The third-order valence-electron chi connectivity index (χ3n) is 2.24. The van der Waals surface area contributed by atoms with Gasteiger partial charge in [-0.15, -0.1) is 0 Å². The number of carbonyl (C=O) groups excluding carboxylic acids is 2. The number of nitrogens with two attached hydrogens (primary N) is 1. The topological polar surface area (TPSA) is 95.2 Å². The number of hydrogen-bond donors (Lipinski definition) is 2. The Morgan fingerprint density at radius 3 is 1.81 bits per heavy atom. The van der Waals surface area contributed by atoms with Crippen molar-refractivity contribution in [3.05, 3.63) is 0 Å². The molecule has 0 radical (unpaired) electrons. The Bertz CT molecular complexity index is 244. The SMILES string of the molecule is CC(C)[C@H](N)C(=O)N[C@H](C(=O)[O-])C(C)C.[K+]. The van der Waals surface area contributed by atoms with Crippen molar-refractivity contribution in [2.45, 2.75) is 39.8 Å². The van der Waals surface area contributed by atoms with E-state index in [1.54, 1.807) is 27.7 Å². The van der Waals surface area contributed by atoms with Crippen LogP contribution in [0.5, 0.6) is 0 Å². The normalized spacial score (nSPS) is 14.2. The van der Waals surface area contributed by atoms with Gasteiger partial charge in [-0.3, -0.25) is 4.79 Å². The second-order valence-electron chi connectivity index (χ2n) is 4.32. The van der Waals surface area contributed by atoms with Gasteiger partial charge in [0.25, 0.3) is 0 Å². The second kappa shape index (κ2) is 8.60. The average molecular weight is 254 g/mol. The van der Waals surface area contributed by atoms with Crippen LogP contribution in [0.25, 0.3) is 0 Å². The van der Waals surface area contributed by atoms with Gasteiger partial charge in [-0.05, 0) is 11.8 Å². The number of carboxylic acid groups (broad SMARTS) is 1. The quantitative estimate of drug-likeness (QED) is 0.487. The largest absolute Gasteiger partial charge is 1.00 e. The molecule has 0 heterocycles. The second-order valence-corrected chi connectivity index (χ2v) is 4.32. The first-order chi connectivity index (χ1) is 6.77. The summed E-state index contributed by atoms with van der Waals surface area (Å²) >= 11 is 0. The van der Waals surface area contributed by atoms with Gasteiger partial charge in [-0.1, -0.05) is 27.7 Å². The summed E-state index contributed by atoms with van der Waals surface area (Å²) in [6.45, 7) is 6.99. The zero-order chi connectivity index (χ0) is 12.2. The zero-order valence-electron chi connectivity index (χ0n) is 10.6. The number of amides is 1. The smallest absolute Gasteiger partial charge is 0.548 e. The van der Waals surface area contributed by atoms with Crippen LogP contribution in [0.15, 0.2) is 0 Å². The first-order valence-electron chi connectivity index (χ1n) is 5.04. The third-order valence-corrected chi connectivity index (χ3v) is 2.24. The molecule has 0 spiro atoms. The summed E-state index contributed by atoms with van der Waals surface area (Å²) in [5.41, 5.74) is 5.58. The van der Waals surface area contributed by atoms with E-state index < -0.39 is 24.0 Å². The van der Waals surface area contributed by atoms with E-state index in [2.05, 4.69) is 5.32 Å². The van der Waals surface area contributed by atoms with Crippen LogP contribution >= 0.6 is 0 Å². The van der Waals surface area contributed by atoms with E-state index in [1.807, 2.05) is 0 Å². The summed E-state index contributed by atoms with van der Waals surface area (Å²) in [5.74, 6) is -1.99. The van der Waals surface area contributed by atoms with E-state index in [-0.39, 0.29) is 63.2 Å². The Hall–Kier alpha value is 0.536. The minimum Gasteiger partial charge on any atom is -0.548 e. The van der Waals surface area contributed by atoms with Gasteiger partial charge in [0.2, 0.25) is 5.91 Å². The predicted molar refractivity (Wildman–Crippen MR) is 54.6 cm³/mol. The number of carboxylic acids is 1. The molecule has 0 aliphatic carbocycles. The molecule has 0 saturated heterocycles. The summed E-state index contributed by atoms with van der Waals surface area (Å²) in [4.78, 5) is 22.2. The Labute approximate surface area is 139 Å². The van der Waals surface area contributed by atoms with Crippen LogP contribution < -0.4 is 67.5 Å². The van der Waals surface area contributed by atoms with E-state index >= 15 is 0 Å². The fourth-order valence-electron chi connectivity index (χ4n) is 1.05. The maximum Gasteiger partial charge on any atom is 1.00 e. The van der Waals surface area contributed by atoms with Gasteiger partial charge in [-0.2, -0.15) is 0 Å². The Morgan fingerprint density at radius 2 is 1.56 bits per heavy atom. The summed E-state index contributed by atoms with van der Waals surface area (Å²) in [5, 5.41) is 13.1. The number of aliphatic carboxylic acids is 1. The average Bonchev–Trinajstić information content (AvgIpc) is 2.11. The van der Waals surface area contributed by atoms with Gasteiger partial charge in [-0.25, -0.2) is 0 Å². The van der Waals surface area contributed by atoms with Crippen LogP contribution in [0, 0.1) is 11.8 Å². The van der Waals surface area contributed by atoms with Gasteiger partial charge in [0.05, 0.1) is 18.1 Å². The molecule has 6 heteroatoms.